The normalized spacial score (nSPS) is 23.1. The van der Waals surface area contributed by atoms with E-state index in [9.17, 15) is 24.6 Å². The van der Waals surface area contributed by atoms with E-state index in [4.69, 9.17) is 16.3 Å². The number of aryl methyl sites for hydroxylation is 1. The number of halogens is 1. The summed E-state index contributed by atoms with van der Waals surface area (Å²) in [6.07, 6.45) is 0.667. The van der Waals surface area contributed by atoms with Crippen molar-refractivity contribution in [3.8, 4) is 0 Å². The van der Waals surface area contributed by atoms with Gasteiger partial charge in [-0.1, -0.05) is 66.2 Å². The Morgan fingerprint density at radius 3 is 2.57 bits per heavy atom. The van der Waals surface area contributed by atoms with Crippen molar-refractivity contribution in [3.05, 3.63) is 106 Å². The van der Waals surface area contributed by atoms with Gasteiger partial charge < -0.3 is 30.0 Å². The van der Waals surface area contributed by atoms with Crippen LogP contribution in [0.3, 0.4) is 0 Å². The van der Waals surface area contributed by atoms with E-state index in [1.165, 1.54) is 6.92 Å². The van der Waals surface area contributed by atoms with E-state index in [0.717, 1.165) is 11.1 Å². The summed E-state index contributed by atoms with van der Waals surface area (Å²) in [5.74, 6) is -1.45. The molecule has 1 saturated heterocycles. The summed E-state index contributed by atoms with van der Waals surface area (Å²) in [7, 11) is -2.91. The van der Waals surface area contributed by atoms with Gasteiger partial charge >= 0.3 is 0 Å². The number of amides is 2. The highest BCUT2D eigenvalue weighted by atomic mass is 35.5. The third kappa shape index (κ3) is 6.68. The Labute approximate surface area is 291 Å². The van der Waals surface area contributed by atoms with E-state index in [0.29, 0.717) is 40.6 Å². The molecule has 3 aromatic carbocycles. The average molecular weight is 704 g/mol. The van der Waals surface area contributed by atoms with E-state index in [1.54, 1.807) is 39.9 Å². The summed E-state index contributed by atoms with van der Waals surface area (Å²) in [6, 6.07) is 22.2. The Kier molecular flexibility index (Phi) is 9.82. The van der Waals surface area contributed by atoms with Crippen molar-refractivity contribution in [2.75, 3.05) is 16.8 Å². The van der Waals surface area contributed by atoms with Gasteiger partial charge in [0, 0.05) is 40.5 Å². The molecule has 13 heteroatoms. The Hall–Kier alpha value is -3.91. The van der Waals surface area contributed by atoms with Crippen molar-refractivity contribution in [3.63, 3.8) is 0 Å². The second-order valence-corrected chi connectivity index (χ2v) is 18.0. The summed E-state index contributed by atoms with van der Waals surface area (Å²) in [5.41, 5.74) is 2.54. The lowest BCUT2D eigenvalue weighted by Gasteiger charge is -2.32. The molecular formula is C36H42ClN5O6Si. The molecule has 0 saturated carbocycles. The molecule has 2 amide bonds. The van der Waals surface area contributed by atoms with Gasteiger partial charge in [0.15, 0.2) is 13.9 Å². The molecule has 258 valence electrons. The molecule has 4 aromatic rings. The summed E-state index contributed by atoms with van der Waals surface area (Å²) in [4.78, 5) is 40.2. The number of aliphatic hydroxyl groups is 2. The van der Waals surface area contributed by atoms with Crippen molar-refractivity contribution in [1.82, 2.24) is 15.0 Å². The number of hydrogen-bond donors (Lipinski definition) is 4. The number of carbonyl (C=O) groups excluding carboxylic acids is 2. The predicted octanol–water partition coefficient (Wildman–Crippen LogP) is 4.81. The van der Waals surface area contributed by atoms with Crippen LogP contribution in [0, 0.1) is 5.92 Å². The number of aliphatic hydroxyl groups excluding tert-OH is 2. The molecule has 0 radical (unpaired) electrons. The largest absolute Gasteiger partial charge is 0.432 e. The van der Waals surface area contributed by atoms with E-state index >= 15 is 0 Å². The number of nitrogens with zero attached hydrogens (tertiary/aromatic N) is 4. The van der Waals surface area contributed by atoms with Gasteiger partial charge in [0.1, 0.15) is 6.10 Å². The minimum absolute atomic E-state index is 0.109. The third-order valence-electron chi connectivity index (χ3n) is 9.80. The Morgan fingerprint density at radius 2 is 1.88 bits per heavy atom. The van der Waals surface area contributed by atoms with Crippen LogP contribution in [0.25, 0.3) is 0 Å². The van der Waals surface area contributed by atoms with Crippen molar-refractivity contribution in [2.24, 2.45) is 5.92 Å². The number of fused-ring (bicyclic) bond motifs is 2. The number of hydrogen-bond acceptors (Lipinski definition) is 8. The topological polar surface area (TPSA) is 150 Å². The van der Waals surface area contributed by atoms with Crippen molar-refractivity contribution in [1.29, 1.82) is 0 Å². The zero-order valence-electron chi connectivity index (χ0n) is 28.0. The number of anilines is 2. The number of nitrogens with one attached hydrogen (secondary N) is 1. The van der Waals surface area contributed by atoms with Crippen LogP contribution in [-0.2, 0) is 33.0 Å². The fourth-order valence-electron chi connectivity index (χ4n) is 7.55. The quantitative estimate of drug-likeness (QED) is 0.163. The van der Waals surface area contributed by atoms with Crippen molar-refractivity contribution >= 4 is 43.1 Å². The molecule has 1 unspecified atom stereocenters. The zero-order valence-corrected chi connectivity index (χ0v) is 29.7. The van der Waals surface area contributed by atoms with Crippen LogP contribution in [0.1, 0.15) is 48.6 Å². The number of aromatic nitrogens is 3. The first-order chi connectivity index (χ1) is 23.3. The monoisotopic (exact) mass is 703 g/mol. The van der Waals surface area contributed by atoms with Crippen LogP contribution in [0.4, 0.5) is 11.4 Å². The second-order valence-electron chi connectivity index (χ2n) is 13.6. The Morgan fingerprint density at radius 1 is 1.12 bits per heavy atom. The molecule has 49 heavy (non-hydrogen) atoms. The molecule has 1 fully saturated rings. The van der Waals surface area contributed by atoms with Crippen LogP contribution in [0.15, 0.2) is 79.0 Å². The highest BCUT2D eigenvalue weighted by Crippen LogP contribution is 2.60. The maximum atomic E-state index is 14.7. The predicted molar refractivity (Wildman–Crippen MR) is 189 cm³/mol. The third-order valence-corrected chi connectivity index (χ3v) is 12.5. The van der Waals surface area contributed by atoms with Crippen molar-refractivity contribution in [2.45, 2.75) is 75.7 Å². The van der Waals surface area contributed by atoms with Crippen LogP contribution >= 0.6 is 11.6 Å². The van der Waals surface area contributed by atoms with Crippen LogP contribution in [0.2, 0.25) is 23.7 Å². The highest BCUT2D eigenvalue weighted by molar-refractivity contribution is 6.71. The van der Waals surface area contributed by atoms with Gasteiger partial charge in [-0.05, 0) is 67.9 Å². The number of ether oxygens (including phenoxy) is 1. The highest BCUT2D eigenvalue weighted by Gasteiger charge is 2.66. The molecular weight excluding hydrogens is 662 g/mol. The molecule has 0 bridgehead atoms. The van der Waals surface area contributed by atoms with Crippen LogP contribution in [0.5, 0.6) is 0 Å². The fraction of sp³-hybridized carbons (Fsp3) is 0.389. The van der Waals surface area contributed by atoms with Gasteiger partial charge in [-0.25, -0.2) is 0 Å². The molecule has 11 nitrogen and oxygen atoms in total. The fourth-order valence-corrected chi connectivity index (χ4v) is 10.3. The van der Waals surface area contributed by atoms with E-state index in [1.807, 2.05) is 68.7 Å². The summed E-state index contributed by atoms with van der Waals surface area (Å²) >= 11 is 6.55. The molecule has 2 aliphatic rings. The van der Waals surface area contributed by atoms with Crippen LogP contribution in [-0.4, -0.2) is 68.9 Å². The lowest BCUT2D eigenvalue weighted by Crippen LogP contribution is -2.46. The van der Waals surface area contributed by atoms with Gasteiger partial charge in [-0.3, -0.25) is 14.3 Å². The van der Waals surface area contributed by atoms with Crippen molar-refractivity contribution < 1.29 is 29.3 Å². The van der Waals surface area contributed by atoms with E-state index in [-0.39, 0.29) is 36.4 Å². The van der Waals surface area contributed by atoms with Gasteiger partial charge in [0.2, 0.25) is 0 Å². The molecule has 6 rings (SSSR count). The number of rotatable bonds is 11. The van der Waals surface area contributed by atoms with Gasteiger partial charge in [0.05, 0.1) is 36.6 Å². The molecule has 6 atom stereocenters. The van der Waals surface area contributed by atoms with E-state index in [2.05, 4.69) is 15.6 Å². The first-order valence-corrected chi connectivity index (χ1v) is 19.9. The maximum Gasteiger partial charge on any atom is 0.264 e. The summed E-state index contributed by atoms with van der Waals surface area (Å²) in [5, 5.41) is 31.6. The molecule has 3 heterocycles. The van der Waals surface area contributed by atoms with E-state index < -0.39 is 32.0 Å². The maximum absolute atomic E-state index is 14.7. The minimum Gasteiger partial charge on any atom is -0.432 e. The molecule has 1 aromatic heterocycles. The minimum atomic E-state index is -2.91. The first kappa shape index (κ1) is 34.9. The number of benzene rings is 3. The standard InChI is InChI=1S/C36H42ClN5O6Si/c1-22-33(49(3,4)47)32(15-16-41-20-30(39-40-41)28(21-43)25-10-6-5-7-11-25)48-36(22)29-18-26(37)13-14-31(29)42(35(36)46)19-24-9-8-12-27(17-24)38-34(45)23(2)44/h5-14,17-18,20,22-23,28,32-33,43-44,47H,15-16,19,21H2,1-4H3,(H,38,45)/t22-,23+,28?,32+,33-,36+/m1/s1. The van der Waals surface area contributed by atoms with Gasteiger partial charge in [-0.2, -0.15) is 0 Å². The Bertz CT molecular complexity index is 1830. The Balaban J connectivity index is 1.28. The SMILES string of the molecule is C[C@H](O)C(=O)Nc1cccc(CN2C(=O)[C@@]3(O[C@@H](CCn4cc(C(CO)c5ccccc5)nn4)[C@H]([Si](C)(C)O)[C@H]3C)c3cc(Cl)ccc32)c1. The average Bonchev–Trinajstić information content (AvgIpc) is 3.71. The molecule has 1 spiro atoms. The smallest absolute Gasteiger partial charge is 0.264 e. The molecule has 4 N–H and O–H groups in total. The molecule has 2 aliphatic heterocycles. The summed E-state index contributed by atoms with van der Waals surface area (Å²) < 4.78 is 8.65. The zero-order chi connectivity index (χ0) is 35.1. The summed E-state index contributed by atoms with van der Waals surface area (Å²) in [6.45, 7) is 7.66. The lowest BCUT2D eigenvalue weighted by molar-refractivity contribution is -0.146. The second kappa shape index (κ2) is 13.8. The van der Waals surface area contributed by atoms with Crippen LogP contribution < -0.4 is 10.2 Å². The molecule has 0 aliphatic carbocycles. The first-order valence-electron chi connectivity index (χ1n) is 16.5. The van der Waals surface area contributed by atoms with Gasteiger partial charge in [-0.15, -0.1) is 5.10 Å². The lowest BCUT2D eigenvalue weighted by atomic mass is 9.82. The van der Waals surface area contributed by atoms with Gasteiger partial charge in [0.25, 0.3) is 11.8 Å². The number of carbonyl (C=O) groups is 2.